The van der Waals surface area contributed by atoms with E-state index in [0.717, 1.165) is 11.6 Å². The number of hydrogen-bond donors (Lipinski definition) is 1. The normalized spacial score (nSPS) is 33.6. The summed E-state index contributed by atoms with van der Waals surface area (Å²) in [6.07, 6.45) is 4.61. The van der Waals surface area contributed by atoms with Gasteiger partial charge in [0.05, 0.1) is 5.69 Å². The Kier molecular flexibility index (Phi) is 3.12. The molecule has 2 unspecified atom stereocenters. The molecule has 3 saturated heterocycles. The molecule has 3 aliphatic heterocycles. The van der Waals surface area contributed by atoms with Crippen LogP contribution in [0.25, 0.3) is 0 Å². The van der Waals surface area contributed by atoms with E-state index in [1.54, 1.807) is 0 Å². The average Bonchev–Trinajstić information content (AvgIpc) is 2.41. The zero-order chi connectivity index (χ0) is 11.7. The molecule has 3 aliphatic rings. The summed E-state index contributed by atoms with van der Waals surface area (Å²) in [7, 11) is 0. The molecule has 2 atom stereocenters. The van der Waals surface area contributed by atoms with Gasteiger partial charge in [-0.15, -0.1) is 0 Å². The van der Waals surface area contributed by atoms with Crippen LogP contribution < -0.4 is 5.32 Å². The molecule has 2 bridgehead atoms. The summed E-state index contributed by atoms with van der Waals surface area (Å²) in [5.41, 5.74) is 1.16. The van der Waals surface area contributed by atoms with Crippen molar-refractivity contribution in [1.82, 2.24) is 15.2 Å². The lowest BCUT2D eigenvalue weighted by Gasteiger charge is -2.46. The average molecular weight is 231 g/mol. The number of nitrogens with one attached hydrogen (secondary N) is 1. The molecule has 17 heavy (non-hydrogen) atoms. The summed E-state index contributed by atoms with van der Waals surface area (Å²) in [4.78, 5) is 7.02. The van der Waals surface area contributed by atoms with E-state index in [1.807, 2.05) is 12.3 Å². The van der Waals surface area contributed by atoms with E-state index in [4.69, 9.17) is 0 Å². The highest BCUT2D eigenvalue weighted by molar-refractivity contribution is 5.08. The van der Waals surface area contributed by atoms with Crippen molar-refractivity contribution in [3.05, 3.63) is 30.1 Å². The number of fused-ring (bicyclic) bond motifs is 3. The van der Waals surface area contributed by atoms with Crippen LogP contribution in [0.3, 0.4) is 0 Å². The lowest BCUT2D eigenvalue weighted by Crippen LogP contribution is -2.56. The fourth-order valence-electron chi connectivity index (χ4n) is 3.19. The second-order valence-electron chi connectivity index (χ2n) is 5.39. The number of hydrogen-bond acceptors (Lipinski definition) is 3. The van der Waals surface area contributed by atoms with Gasteiger partial charge in [0.15, 0.2) is 0 Å². The molecule has 3 fully saturated rings. The summed E-state index contributed by atoms with van der Waals surface area (Å²) in [5, 5.41) is 3.76. The molecule has 1 aromatic heterocycles. The van der Waals surface area contributed by atoms with Gasteiger partial charge in [-0.2, -0.15) is 0 Å². The van der Waals surface area contributed by atoms with Gasteiger partial charge in [-0.25, -0.2) is 0 Å². The Balaban J connectivity index is 1.64. The molecule has 0 aliphatic carbocycles. The molecule has 0 spiro atoms. The molecule has 0 radical (unpaired) electrons. The first-order valence-electron chi connectivity index (χ1n) is 6.72. The number of rotatable bonds is 3. The van der Waals surface area contributed by atoms with Crippen LogP contribution in [-0.2, 0) is 0 Å². The second kappa shape index (κ2) is 4.75. The fourth-order valence-corrected chi connectivity index (χ4v) is 3.19. The number of nitrogens with zero attached hydrogens (tertiary/aromatic N) is 2. The lowest BCUT2D eigenvalue weighted by molar-refractivity contribution is 0.0678. The number of aromatic nitrogens is 1. The predicted octanol–water partition coefficient (Wildman–Crippen LogP) is 1.83. The van der Waals surface area contributed by atoms with Crippen LogP contribution in [0.2, 0.25) is 0 Å². The third-order valence-electron chi connectivity index (χ3n) is 4.25. The van der Waals surface area contributed by atoms with Crippen LogP contribution >= 0.6 is 0 Å². The Bertz CT molecular complexity index is 357. The van der Waals surface area contributed by atoms with Crippen molar-refractivity contribution in [2.45, 2.75) is 31.8 Å². The minimum atomic E-state index is 0.363. The SMILES string of the molecule is CC(NC1CN2CCC1CC2)c1ccccn1. The van der Waals surface area contributed by atoms with Gasteiger partial charge in [0.2, 0.25) is 0 Å². The minimum absolute atomic E-state index is 0.363. The molecule has 0 saturated carbocycles. The summed E-state index contributed by atoms with van der Waals surface area (Å²) in [6.45, 7) is 6.06. The van der Waals surface area contributed by atoms with Crippen molar-refractivity contribution < 1.29 is 0 Å². The summed E-state index contributed by atoms with van der Waals surface area (Å²) < 4.78 is 0. The summed E-state index contributed by atoms with van der Waals surface area (Å²) in [5.74, 6) is 0.881. The highest BCUT2D eigenvalue weighted by Gasteiger charge is 2.34. The minimum Gasteiger partial charge on any atom is -0.304 e. The van der Waals surface area contributed by atoms with E-state index in [9.17, 15) is 0 Å². The van der Waals surface area contributed by atoms with Crippen LogP contribution in [0.5, 0.6) is 0 Å². The topological polar surface area (TPSA) is 28.2 Å². The maximum absolute atomic E-state index is 4.43. The van der Waals surface area contributed by atoms with Crippen LogP contribution in [0, 0.1) is 5.92 Å². The van der Waals surface area contributed by atoms with E-state index >= 15 is 0 Å². The molecule has 3 nitrogen and oxygen atoms in total. The van der Waals surface area contributed by atoms with E-state index in [1.165, 1.54) is 32.5 Å². The summed E-state index contributed by atoms with van der Waals surface area (Å²) in [6, 6.07) is 7.18. The van der Waals surface area contributed by atoms with E-state index < -0.39 is 0 Å². The third kappa shape index (κ3) is 2.35. The zero-order valence-corrected chi connectivity index (χ0v) is 10.5. The van der Waals surface area contributed by atoms with Gasteiger partial charge < -0.3 is 10.2 Å². The van der Waals surface area contributed by atoms with Crippen molar-refractivity contribution in [1.29, 1.82) is 0 Å². The first-order valence-corrected chi connectivity index (χ1v) is 6.72. The fraction of sp³-hybridized carbons (Fsp3) is 0.643. The molecule has 4 rings (SSSR count). The molecule has 92 valence electrons. The monoisotopic (exact) mass is 231 g/mol. The van der Waals surface area contributed by atoms with Gasteiger partial charge in [0, 0.05) is 24.8 Å². The van der Waals surface area contributed by atoms with E-state index in [-0.39, 0.29) is 0 Å². The molecule has 1 N–H and O–H groups in total. The molecule has 3 heteroatoms. The van der Waals surface area contributed by atoms with E-state index in [2.05, 4.69) is 34.3 Å². The maximum Gasteiger partial charge on any atom is 0.0570 e. The van der Waals surface area contributed by atoms with E-state index in [0.29, 0.717) is 12.1 Å². The van der Waals surface area contributed by atoms with Crippen LogP contribution in [-0.4, -0.2) is 35.6 Å². The molecule has 1 aromatic rings. The number of pyridine rings is 1. The Morgan fingerprint density at radius 2 is 2.18 bits per heavy atom. The first-order chi connectivity index (χ1) is 8.33. The second-order valence-corrected chi connectivity index (χ2v) is 5.39. The van der Waals surface area contributed by atoms with Crippen molar-refractivity contribution in [2.75, 3.05) is 19.6 Å². The molecular formula is C14H21N3. The first kappa shape index (κ1) is 11.2. The Morgan fingerprint density at radius 3 is 2.76 bits per heavy atom. The Morgan fingerprint density at radius 1 is 1.35 bits per heavy atom. The summed E-state index contributed by atoms with van der Waals surface area (Å²) >= 11 is 0. The van der Waals surface area contributed by atoms with Gasteiger partial charge in [-0.3, -0.25) is 4.98 Å². The Hall–Kier alpha value is -0.930. The van der Waals surface area contributed by atoms with Crippen molar-refractivity contribution in [2.24, 2.45) is 5.92 Å². The van der Waals surface area contributed by atoms with Gasteiger partial charge in [-0.1, -0.05) is 6.07 Å². The Labute approximate surface area is 103 Å². The quantitative estimate of drug-likeness (QED) is 0.860. The maximum atomic E-state index is 4.43. The number of piperidine rings is 3. The van der Waals surface area contributed by atoms with Crippen LogP contribution in [0.15, 0.2) is 24.4 Å². The molecule has 4 heterocycles. The van der Waals surface area contributed by atoms with Gasteiger partial charge in [0.25, 0.3) is 0 Å². The third-order valence-corrected chi connectivity index (χ3v) is 4.25. The van der Waals surface area contributed by atoms with Crippen LogP contribution in [0.1, 0.15) is 31.5 Å². The van der Waals surface area contributed by atoms with Crippen molar-refractivity contribution in [3.63, 3.8) is 0 Å². The van der Waals surface area contributed by atoms with Crippen LogP contribution in [0.4, 0.5) is 0 Å². The highest BCUT2D eigenvalue weighted by atomic mass is 15.2. The molecular weight excluding hydrogens is 210 g/mol. The predicted molar refractivity (Wildman–Crippen MR) is 68.7 cm³/mol. The smallest absolute Gasteiger partial charge is 0.0570 e. The zero-order valence-electron chi connectivity index (χ0n) is 10.5. The lowest BCUT2D eigenvalue weighted by atomic mass is 9.83. The standard InChI is InChI=1S/C14H21N3/c1-11(13-4-2-3-7-15-13)16-14-10-17-8-5-12(14)6-9-17/h2-4,7,11-12,14,16H,5-6,8-10H2,1H3. The highest BCUT2D eigenvalue weighted by Crippen LogP contribution is 2.28. The molecule has 0 amide bonds. The van der Waals surface area contributed by atoms with Gasteiger partial charge in [-0.05, 0) is 50.9 Å². The molecule has 0 aromatic carbocycles. The van der Waals surface area contributed by atoms with Crippen molar-refractivity contribution >= 4 is 0 Å². The van der Waals surface area contributed by atoms with Gasteiger partial charge >= 0.3 is 0 Å². The van der Waals surface area contributed by atoms with Gasteiger partial charge in [0.1, 0.15) is 0 Å². The van der Waals surface area contributed by atoms with Crippen molar-refractivity contribution in [3.8, 4) is 0 Å². The largest absolute Gasteiger partial charge is 0.304 e.